The molecule has 11 heteroatoms. The molecule has 0 amide bonds. The molecule has 0 aliphatic heterocycles. The first-order valence-electron chi connectivity index (χ1n) is 9.00. The number of hydrogen-bond acceptors (Lipinski definition) is 4. The van der Waals surface area contributed by atoms with E-state index in [-0.39, 0.29) is 12.1 Å². The standard InChI is InChI=1S/C20H21F7N2O2/c1-28(2)14-6-4-7-15(10-14)29(12-17(30)19(23,24)25)11-13-5-3-8-16(9-13)31-20(26,27)18(21)22/h3-10,17-18,30H,11-12H2,1-2H3. The van der Waals surface area contributed by atoms with Gasteiger partial charge in [-0.15, -0.1) is 0 Å². The van der Waals surface area contributed by atoms with Crippen molar-refractivity contribution in [3.63, 3.8) is 0 Å². The lowest BCUT2D eigenvalue weighted by Crippen LogP contribution is -2.41. The molecule has 2 aromatic carbocycles. The number of anilines is 2. The summed E-state index contributed by atoms with van der Waals surface area (Å²) in [6.45, 7) is -1.07. The SMILES string of the molecule is CN(C)c1cccc(N(Cc2cccc(OC(F)(F)C(F)F)c2)CC(O)C(F)(F)F)c1. The molecule has 0 aromatic heterocycles. The summed E-state index contributed by atoms with van der Waals surface area (Å²) < 4.78 is 93.9. The maximum absolute atomic E-state index is 13.2. The van der Waals surface area contributed by atoms with Crippen LogP contribution in [-0.2, 0) is 6.54 Å². The van der Waals surface area contributed by atoms with Crippen LogP contribution in [-0.4, -0.2) is 50.6 Å². The van der Waals surface area contributed by atoms with E-state index in [1.807, 2.05) is 0 Å². The molecule has 0 saturated carbocycles. The zero-order valence-electron chi connectivity index (χ0n) is 16.6. The Labute approximate surface area is 174 Å². The largest absolute Gasteiger partial charge is 0.461 e. The zero-order valence-corrected chi connectivity index (χ0v) is 16.6. The molecule has 0 bridgehead atoms. The minimum Gasteiger partial charge on any atom is -0.428 e. The van der Waals surface area contributed by atoms with Gasteiger partial charge in [0.15, 0.2) is 6.10 Å². The average molecular weight is 454 g/mol. The van der Waals surface area contributed by atoms with Crippen LogP contribution in [0.1, 0.15) is 5.56 Å². The molecule has 1 atom stereocenters. The van der Waals surface area contributed by atoms with Gasteiger partial charge >= 0.3 is 18.7 Å². The summed E-state index contributed by atoms with van der Waals surface area (Å²) in [5, 5.41) is 9.56. The van der Waals surface area contributed by atoms with Gasteiger partial charge in [0.2, 0.25) is 0 Å². The second-order valence-corrected chi connectivity index (χ2v) is 6.96. The molecule has 0 aliphatic rings. The van der Waals surface area contributed by atoms with E-state index in [1.165, 1.54) is 23.1 Å². The molecule has 0 radical (unpaired) electrons. The number of hydrogen-bond donors (Lipinski definition) is 1. The molecule has 0 saturated heterocycles. The van der Waals surface area contributed by atoms with Crippen molar-refractivity contribution in [3.8, 4) is 5.75 Å². The number of ether oxygens (including phenoxy) is 1. The Hall–Kier alpha value is -2.69. The summed E-state index contributed by atoms with van der Waals surface area (Å²) >= 11 is 0. The molecule has 2 aromatic rings. The van der Waals surface area contributed by atoms with Crippen molar-refractivity contribution < 1.29 is 40.6 Å². The van der Waals surface area contributed by atoms with Gasteiger partial charge < -0.3 is 19.6 Å². The molecule has 172 valence electrons. The topological polar surface area (TPSA) is 35.9 Å². The second kappa shape index (κ2) is 9.63. The van der Waals surface area contributed by atoms with E-state index in [2.05, 4.69) is 4.74 Å². The number of rotatable bonds is 9. The van der Waals surface area contributed by atoms with E-state index in [0.717, 1.165) is 12.1 Å². The fourth-order valence-electron chi connectivity index (χ4n) is 2.67. The molecule has 2 rings (SSSR count). The predicted molar refractivity (Wildman–Crippen MR) is 102 cm³/mol. The highest BCUT2D eigenvalue weighted by molar-refractivity contribution is 5.59. The van der Waals surface area contributed by atoms with Crippen molar-refractivity contribution in [2.45, 2.75) is 31.4 Å². The lowest BCUT2D eigenvalue weighted by Gasteiger charge is -2.29. The van der Waals surface area contributed by atoms with Crippen molar-refractivity contribution >= 4 is 11.4 Å². The Morgan fingerprint density at radius 3 is 2.13 bits per heavy atom. The van der Waals surface area contributed by atoms with Gasteiger partial charge in [0.1, 0.15) is 5.75 Å². The van der Waals surface area contributed by atoms with Crippen molar-refractivity contribution in [1.29, 1.82) is 0 Å². The fourth-order valence-corrected chi connectivity index (χ4v) is 2.67. The van der Waals surface area contributed by atoms with Gasteiger partial charge in [0.25, 0.3) is 0 Å². The van der Waals surface area contributed by atoms with Gasteiger partial charge in [0, 0.05) is 32.0 Å². The molecule has 0 heterocycles. The van der Waals surface area contributed by atoms with Crippen molar-refractivity contribution in [2.75, 3.05) is 30.4 Å². The molecular weight excluding hydrogens is 433 g/mol. The second-order valence-electron chi connectivity index (χ2n) is 6.96. The van der Waals surface area contributed by atoms with Crippen LogP contribution in [0.15, 0.2) is 48.5 Å². The van der Waals surface area contributed by atoms with Gasteiger partial charge in [0.05, 0.1) is 6.54 Å². The highest BCUT2D eigenvalue weighted by atomic mass is 19.4. The van der Waals surface area contributed by atoms with Crippen LogP contribution in [0.2, 0.25) is 0 Å². The van der Waals surface area contributed by atoms with Gasteiger partial charge in [-0.1, -0.05) is 18.2 Å². The lowest BCUT2D eigenvalue weighted by atomic mass is 10.1. The van der Waals surface area contributed by atoms with E-state index in [9.17, 15) is 35.8 Å². The van der Waals surface area contributed by atoms with E-state index < -0.39 is 37.1 Å². The van der Waals surface area contributed by atoms with Gasteiger partial charge in [-0.05, 0) is 35.9 Å². The molecule has 0 aliphatic carbocycles. The molecular formula is C20H21F7N2O2. The zero-order chi connectivity index (χ0) is 23.4. The van der Waals surface area contributed by atoms with Crippen LogP contribution in [0.25, 0.3) is 0 Å². The number of benzene rings is 2. The quantitative estimate of drug-likeness (QED) is 0.546. The minimum absolute atomic E-state index is 0.215. The number of alkyl halides is 7. The molecule has 0 spiro atoms. The van der Waals surface area contributed by atoms with Crippen molar-refractivity contribution in [2.24, 2.45) is 0 Å². The predicted octanol–water partition coefficient (Wildman–Crippen LogP) is 4.92. The number of halogens is 7. The van der Waals surface area contributed by atoms with E-state index >= 15 is 0 Å². The van der Waals surface area contributed by atoms with E-state index in [0.29, 0.717) is 11.4 Å². The smallest absolute Gasteiger partial charge is 0.428 e. The number of aliphatic hydroxyl groups is 1. The monoisotopic (exact) mass is 454 g/mol. The first-order chi connectivity index (χ1) is 14.3. The Kier molecular flexibility index (Phi) is 7.63. The van der Waals surface area contributed by atoms with Crippen LogP contribution in [0.3, 0.4) is 0 Å². The summed E-state index contributed by atoms with van der Waals surface area (Å²) in [7, 11) is 3.47. The highest BCUT2D eigenvalue weighted by Crippen LogP contribution is 2.30. The van der Waals surface area contributed by atoms with Gasteiger partial charge in [-0.25, -0.2) is 0 Å². The average Bonchev–Trinajstić information content (AvgIpc) is 2.66. The van der Waals surface area contributed by atoms with E-state index in [4.69, 9.17) is 0 Å². The third-order valence-electron chi connectivity index (χ3n) is 4.26. The lowest BCUT2D eigenvalue weighted by molar-refractivity contribution is -0.253. The Balaban J connectivity index is 2.33. The third-order valence-corrected chi connectivity index (χ3v) is 4.26. The first kappa shape index (κ1) is 24.6. The molecule has 1 unspecified atom stereocenters. The van der Waals surface area contributed by atoms with Crippen molar-refractivity contribution in [3.05, 3.63) is 54.1 Å². The molecule has 31 heavy (non-hydrogen) atoms. The van der Waals surface area contributed by atoms with Crippen LogP contribution < -0.4 is 14.5 Å². The maximum Gasteiger partial charge on any atom is 0.461 e. The van der Waals surface area contributed by atoms with Gasteiger partial charge in [-0.3, -0.25) is 0 Å². The third kappa shape index (κ3) is 6.91. The van der Waals surface area contributed by atoms with Crippen LogP contribution >= 0.6 is 0 Å². The van der Waals surface area contributed by atoms with Crippen molar-refractivity contribution in [1.82, 2.24) is 0 Å². The Morgan fingerprint density at radius 2 is 1.55 bits per heavy atom. The van der Waals surface area contributed by atoms with E-state index in [1.54, 1.807) is 37.2 Å². The molecule has 1 N–H and O–H groups in total. The highest BCUT2D eigenvalue weighted by Gasteiger charge is 2.44. The number of nitrogens with zero attached hydrogens (tertiary/aromatic N) is 2. The number of aliphatic hydroxyl groups excluding tert-OH is 1. The fraction of sp³-hybridized carbons (Fsp3) is 0.400. The Morgan fingerprint density at radius 1 is 0.935 bits per heavy atom. The van der Waals surface area contributed by atoms with Crippen LogP contribution in [0.5, 0.6) is 5.75 Å². The molecule has 4 nitrogen and oxygen atoms in total. The normalized spacial score (nSPS) is 13.3. The maximum atomic E-state index is 13.2. The summed E-state index contributed by atoms with van der Waals surface area (Å²) in [5.41, 5.74) is 1.23. The first-order valence-corrected chi connectivity index (χ1v) is 9.00. The summed E-state index contributed by atoms with van der Waals surface area (Å²) in [6, 6.07) is 11.2. The summed E-state index contributed by atoms with van der Waals surface area (Å²) in [5.74, 6) is -0.568. The summed E-state index contributed by atoms with van der Waals surface area (Å²) in [4.78, 5) is 2.93. The molecule has 0 fully saturated rings. The van der Waals surface area contributed by atoms with Crippen LogP contribution in [0.4, 0.5) is 42.1 Å². The summed E-state index contributed by atoms with van der Waals surface area (Å²) in [6.07, 6.45) is -16.3. The van der Waals surface area contributed by atoms with Crippen LogP contribution in [0, 0.1) is 0 Å². The van der Waals surface area contributed by atoms with Gasteiger partial charge in [-0.2, -0.15) is 30.7 Å². The Bertz CT molecular complexity index is 859. The minimum atomic E-state index is -4.87.